The van der Waals surface area contributed by atoms with E-state index < -0.39 is 7.92 Å². The predicted octanol–water partition coefficient (Wildman–Crippen LogP) is 6.24. The standard InChI is InChI=1S/C21H27N2P.CHO.ClH.Ru.H/c1-20(2,3)24(21(4,5)6)14-17-12-11-16-10-9-15-8-7-13-22-18(15)19(16)23-17;1-2;;;/h7-13H,14H2,1-6H3;1H;1H;;/q;-1;;+1;. The Morgan fingerprint density at radius 2 is 1.39 bits per heavy atom. The molecule has 3 rings (SSSR count). The summed E-state index contributed by atoms with van der Waals surface area (Å²) in [7, 11) is 3.98. The van der Waals surface area contributed by atoms with Crippen molar-refractivity contribution in [1.82, 2.24) is 9.97 Å². The summed E-state index contributed by atoms with van der Waals surface area (Å²) >= 11 is 1.62. The quantitative estimate of drug-likeness (QED) is 0.136. The first-order valence-electron chi connectivity index (χ1n) is 9.04. The number of hydrogen-bond donors (Lipinski definition) is 0. The van der Waals surface area contributed by atoms with Crippen LogP contribution in [0.15, 0.2) is 42.6 Å². The van der Waals surface area contributed by atoms with Gasteiger partial charge in [-0.3, -0.25) is 11.8 Å². The number of carbonyl (C=O) groups excluding carboxylic acids is 1. The Morgan fingerprint density at radius 3 is 1.93 bits per heavy atom. The molecule has 2 aromatic heterocycles. The topological polar surface area (TPSA) is 42.9 Å². The van der Waals surface area contributed by atoms with Crippen molar-refractivity contribution in [2.45, 2.75) is 58.0 Å². The van der Waals surface area contributed by atoms with Gasteiger partial charge < -0.3 is 4.79 Å². The van der Waals surface area contributed by atoms with Crippen LogP contribution in [0.5, 0.6) is 0 Å². The Kier molecular flexibility index (Phi) is 9.61. The molecule has 28 heavy (non-hydrogen) atoms. The Morgan fingerprint density at radius 1 is 0.893 bits per heavy atom. The van der Waals surface area contributed by atoms with Gasteiger partial charge in [0.25, 0.3) is 0 Å². The van der Waals surface area contributed by atoms with Crippen molar-refractivity contribution in [2.24, 2.45) is 0 Å². The Balaban J connectivity index is 0.000000921. The zero-order valence-electron chi connectivity index (χ0n) is 17.4. The third-order valence-electron chi connectivity index (χ3n) is 4.66. The van der Waals surface area contributed by atoms with Crippen LogP contribution in [0, 0.1) is 0 Å². The number of nitrogens with zero attached hydrogens (tertiary/aromatic N) is 2. The van der Waals surface area contributed by atoms with Crippen molar-refractivity contribution in [1.29, 1.82) is 0 Å². The number of pyridine rings is 2. The van der Waals surface area contributed by atoms with E-state index in [4.69, 9.17) is 9.78 Å². The van der Waals surface area contributed by atoms with Gasteiger partial charge in [0.2, 0.25) is 0 Å². The van der Waals surface area contributed by atoms with Gasteiger partial charge in [-0.2, -0.15) is 0 Å². The molecule has 0 aliphatic heterocycles. The molecule has 0 N–H and O–H groups in total. The number of aromatic nitrogens is 2. The normalized spacial score (nSPS) is 11.6. The average Bonchev–Trinajstić information content (AvgIpc) is 2.67. The molecule has 154 valence electrons. The summed E-state index contributed by atoms with van der Waals surface area (Å²) in [6, 6.07) is 12.8. The van der Waals surface area contributed by atoms with Crippen molar-refractivity contribution < 1.29 is 22.1 Å². The van der Waals surface area contributed by atoms with Gasteiger partial charge in [-0.15, -0.1) is 0 Å². The molecule has 0 radical (unpaired) electrons. The fraction of sp³-hybridized carbons (Fsp3) is 0.409. The molecule has 1 aromatic carbocycles. The van der Waals surface area contributed by atoms with E-state index >= 15 is 0 Å². The molecule has 0 atom stereocenters. The SMILES string of the molecule is CC(C)(C)[PH+](Cc1ccc2ccc3cccnc3c2n1)C(C)(C)C.[CH-]=O.[Cl][RuH]. The first-order valence-corrected chi connectivity index (χ1v) is 13.1. The van der Waals surface area contributed by atoms with Crippen molar-refractivity contribution >= 4 is 46.2 Å². The number of rotatable bonds is 2. The van der Waals surface area contributed by atoms with E-state index in [1.165, 1.54) is 11.1 Å². The van der Waals surface area contributed by atoms with Gasteiger partial charge in [0.1, 0.15) is 6.16 Å². The molecule has 3 nitrogen and oxygen atoms in total. The fourth-order valence-electron chi connectivity index (χ4n) is 3.70. The van der Waals surface area contributed by atoms with Crippen molar-refractivity contribution in [3.05, 3.63) is 48.3 Å². The second-order valence-electron chi connectivity index (χ2n) is 8.67. The van der Waals surface area contributed by atoms with Crippen molar-refractivity contribution in [3.8, 4) is 0 Å². The zero-order chi connectivity index (χ0) is 21.5. The summed E-state index contributed by atoms with van der Waals surface area (Å²) < 4.78 is 0. The molecule has 0 aliphatic rings. The molecule has 0 saturated carbocycles. The van der Waals surface area contributed by atoms with E-state index in [0.29, 0.717) is 10.3 Å². The molecule has 0 amide bonds. The van der Waals surface area contributed by atoms with Crippen LogP contribution in [-0.4, -0.2) is 27.1 Å². The Bertz CT molecular complexity index is 892. The zero-order valence-corrected chi connectivity index (χ0v) is 21.0. The summed E-state index contributed by atoms with van der Waals surface area (Å²) in [5, 5.41) is 3.02. The first-order chi connectivity index (χ1) is 13.2. The molecule has 0 spiro atoms. The van der Waals surface area contributed by atoms with Crippen LogP contribution in [0.4, 0.5) is 0 Å². The Labute approximate surface area is 184 Å². The molecule has 0 bridgehead atoms. The number of halogens is 1. The van der Waals surface area contributed by atoms with E-state index in [-0.39, 0.29) is 0 Å². The van der Waals surface area contributed by atoms with Gasteiger partial charge in [-0.1, -0.05) is 24.3 Å². The third kappa shape index (κ3) is 6.28. The van der Waals surface area contributed by atoms with Crippen LogP contribution in [-0.2, 0) is 28.3 Å². The molecule has 0 aliphatic carbocycles. The van der Waals surface area contributed by atoms with Crippen LogP contribution < -0.4 is 0 Å². The molecule has 2 heterocycles. The van der Waals surface area contributed by atoms with Crippen molar-refractivity contribution in [3.63, 3.8) is 0 Å². The molecule has 6 heteroatoms. The maximum atomic E-state index is 7.75. The van der Waals surface area contributed by atoms with E-state index in [0.717, 1.165) is 22.6 Å². The van der Waals surface area contributed by atoms with Gasteiger partial charge >= 0.3 is 27.0 Å². The van der Waals surface area contributed by atoms with Crippen LogP contribution in [0.2, 0.25) is 0 Å². The van der Waals surface area contributed by atoms with Crippen LogP contribution >= 0.6 is 17.6 Å². The third-order valence-corrected chi connectivity index (χ3v) is 9.00. The minimum atomic E-state index is -0.631. The fourth-order valence-corrected chi connectivity index (χ4v) is 7.57. The second-order valence-corrected chi connectivity index (χ2v) is 13.0. The average molecular weight is 506 g/mol. The number of hydrogen-bond acceptors (Lipinski definition) is 3. The predicted molar refractivity (Wildman–Crippen MR) is 123 cm³/mol. The molecule has 0 unspecified atom stereocenters. The molecular formula is C22H30ClN2OPRu. The van der Waals surface area contributed by atoms with Crippen LogP contribution in [0.1, 0.15) is 47.2 Å². The minimum absolute atomic E-state index is 0.344. The summed E-state index contributed by atoms with van der Waals surface area (Å²) in [6.07, 6.45) is 2.95. The summed E-state index contributed by atoms with van der Waals surface area (Å²) in [4.78, 5) is 17.4. The Hall–Kier alpha value is -0.947. The first kappa shape index (κ1) is 25.1. The summed E-state index contributed by atoms with van der Waals surface area (Å²) in [5.41, 5.74) is 3.26. The number of benzene rings is 1. The number of fused-ring (bicyclic) bond motifs is 3. The van der Waals surface area contributed by atoms with E-state index in [9.17, 15) is 0 Å². The van der Waals surface area contributed by atoms with Gasteiger partial charge in [0, 0.05) is 24.9 Å². The second kappa shape index (κ2) is 10.7. The van der Waals surface area contributed by atoms with Crippen LogP contribution in [0.3, 0.4) is 0 Å². The monoisotopic (exact) mass is 506 g/mol. The van der Waals surface area contributed by atoms with Gasteiger partial charge in [-0.05, 0) is 53.7 Å². The van der Waals surface area contributed by atoms with E-state index in [2.05, 4.69) is 93.3 Å². The maximum absolute atomic E-state index is 7.75. The van der Waals surface area contributed by atoms with E-state index in [1.54, 1.807) is 17.3 Å². The summed E-state index contributed by atoms with van der Waals surface area (Å²) in [6.45, 7) is 17.5. The van der Waals surface area contributed by atoms with Crippen LogP contribution in [0.25, 0.3) is 21.8 Å². The van der Waals surface area contributed by atoms with Crippen molar-refractivity contribution in [2.75, 3.05) is 0 Å². The van der Waals surface area contributed by atoms with Gasteiger partial charge in [-0.25, -0.2) is 4.98 Å². The van der Waals surface area contributed by atoms with Gasteiger partial charge in [0.15, 0.2) is 0 Å². The van der Waals surface area contributed by atoms with E-state index in [1.807, 2.05) is 12.3 Å². The molecule has 3 aromatic rings. The van der Waals surface area contributed by atoms with Gasteiger partial charge in [0.05, 0.1) is 27.0 Å². The molecule has 0 fully saturated rings. The molecule has 0 saturated heterocycles. The summed E-state index contributed by atoms with van der Waals surface area (Å²) in [5.74, 6) is 0. The molecular weight excluding hydrogens is 476 g/mol.